The molecular weight excluding hydrogens is 260 g/mol. The minimum Gasteiger partial charge on any atom is -0.361 e. The Balaban J connectivity index is 2.40. The van der Waals surface area contributed by atoms with Crippen LogP contribution in [0.4, 0.5) is 0 Å². The van der Waals surface area contributed by atoms with Gasteiger partial charge in [-0.3, -0.25) is 0 Å². The number of aromatic nitrogens is 1. The highest BCUT2D eigenvalue weighted by Crippen LogP contribution is 2.28. The average Bonchev–Trinajstić information content (AvgIpc) is 2.67. The van der Waals surface area contributed by atoms with Crippen molar-refractivity contribution in [2.75, 3.05) is 0 Å². The van der Waals surface area contributed by atoms with Gasteiger partial charge in [0.1, 0.15) is 0 Å². The van der Waals surface area contributed by atoms with Crippen LogP contribution in [0, 0.1) is 0 Å². The molecule has 0 saturated carbocycles. The van der Waals surface area contributed by atoms with Gasteiger partial charge in [0, 0.05) is 17.1 Å². The summed E-state index contributed by atoms with van der Waals surface area (Å²) in [6.45, 7) is 1.47. The summed E-state index contributed by atoms with van der Waals surface area (Å²) in [7, 11) is 41.4. The van der Waals surface area contributed by atoms with Gasteiger partial charge in [-0.1, -0.05) is 41.0 Å². The van der Waals surface area contributed by atoms with Crippen molar-refractivity contribution in [1.82, 2.24) is 9.88 Å². The van der Waals surface area contributed by atoms with E-state index in [-0.39, 0.29) is 6.42 Å². The molecule has 1 aromatic carbocycles. The summed E-state index contributed by atoms with van der Waals surface area (Å²) in [4.78, 5) is 4.23. The molecule has 0 aliphatic heterocycles. The van der Waals surface area contributed by atoms with Crippen LogP contribution in [-0.2, 0) is 6.42 Å². The Bertz CT molecular complexity index is 640. The lowest BCUT2D eigenvalue weighted by atomic mass is 9.40. The van der Waals surface area contributed by atoms with E-state index in [2.05, 4.69) is 4.98 Å². The number of aromatic amines is 1. The molecule has 0 amide bonds. The van der Waals surface area contributed by atoms with Gasteiger partial charge in [-0.2, -0.15) is 0 Å². The third-order valence-corrected chi connectivity index (χ3v) is 3.43. The molecule has 2 nitrogen and oxygen atoms in total. The monoisotopic (exact) mass is 272 g/mol. The third-order valence-electron chi connectivity index (χ3n) is 3.43. The smallest absolute Gasteiger partial charge is 0.0827 e. The van der Waals surface area contributed by atoms with Gasteiger partial charge in [0.2, 0.25) is 0 Å². The maximum atomic E-state index is 6.21. The van der Waals surface area contributed by atoms with Crippen LogP contribution in [0.25, 0.3) is 10.9 Å². The summed E-state index contributed by atoms with van der Waals surface area (Å²) in [6, 6.07) is 7.74. The molecule has 9 heteroatoms. The van der Waals surface area contributed by atoms with Gasteiger partial charge in [0.15, 0.2) is 0 Å². The van der Waals surface area contributed by atoms with Gasteiger partial charge in [-0.05, 0) is 18.1 Å². The molecule has 1 N–H and O–H groups in total. The van der Waals surface area contributed by atoms with E-state index in [0.717, 1.165) is 21.4 Å². The zero-order valence-corrected chi connectivity index (χ0v) is 12.6. The summed E-state index contributed by atoms with van der Waals surface area (Å²) in [6.07, 6.45) is 2.00. The fraction of sp³-hybridized carbons (Fsp3) is 0.385. The van der Waals surface area contributed by atoms with Crippen molar-refractivity contribution in [3.05, 3.63) is 36.0 Å². The predicted octanol–water partition coefficient (Wildman–Crippen LogP) is -0.869. The first-order valence-electron chi connectivity index (χ1n) is 6.80. The Morgan fingerprint density at radius 3 is 2.14 bits per heavy atom. The maximum Gasteiger partial charge on any atom is 0.0827 e. The number of para-hydroxylation sites is 1. The van der Waals surface area contributed by atoms with Gasteiger partial charge in [-0.15, -0.1) is 0 Å². The number of nitrogens with one attached hydrogen (secondary N) is 1. The van der Waals surface area contributed by atoms with Crippen LogP contribution in [0.5, 0.6) is 0 Å². The topological polar surface area (TPSA) is 19.0 Å². The second-order valence-electron chi connectivity index (χ2n) is 5.98. The fourth-order valence-corrected chi connectivity index (χ4v) is 2.89. The highest BCUT2D eigenvalue weighted by Gasteiger charge is 2.39. The normalized spacial score (nSPS) is 13.7. The standard InChI is InChI=1S/C13H11B7N2/c1-11(14,15)22(13(18,19)20)12(16,17)6-8-7-21-10-5-3-2-4-9(8)10/h2-5,7,21H,6H2,1H3. The Morgan fingerprint density at radius 2 is 1.59 bits per heavy atom. The molecule has 14 radical (unpaired) electrons. The van der Waals surface area contributed by atoms with Crippen LogP contribution in [0.15, 0.2) is 30.5 Å². The van der Waals surface area contributed by atoms with Crippen LogP contribution >= 0.6 is 0 Å². The molecule has 0 unspecified atom stereocenters. The molecular formula is C13H11B7N2. The molecule has 0 aliphatic rings. The van der Waals surface area contributed by atoms with Gasteiger partial charge >= 0.3 is 0 Å². The fourth-order valence-electron chi connectivity index (χ4n) is 2.89. The summed E-state index contributed by atoms with van der Waals surface area (Å²) >= 11 is 0. The first-order chi connectivity index (χ1) is 9.93. The number of nitrogens with zero attached hydrogens (tertiary/aromatic N) is 1. The molecule has 2 aromatic rings. The SMILES string of the molecule is [B]C([B])([B])N(C([B])([B])C)C([B])([B])Cc1c[nH]c2ccccc12. The average molecular weight is 271 g/mol. The zero-order valence-electron chi connectivity index (χ0n) is 12.6. The van der Waals surface area contributed by atoms with E-state index in [4.69, 9.17) is 54.9 Å². The van der Waals surface area contributed by atoms with Crippen molar-refractivity contribution in [2.45, 2.75) is 29.3 Å². The second-order valence-corrected chi connectivity index (χ2v) is 5.98. The molecule has 1 heterocycles. The van der Waals surface area contributed by atoms with Gasteiger partial charge in [-0.25, -0.2) is 0 Å². The number of fused-ring (bicyclic) bond motifs is 1. The lowest BCUT2D eigenvalue weighted by Gasteiger charge is -2.58. The van der Waals surface area contributed by atoms with Gasteiger partial charge in [0.05, 0.1) is 54.9 Å². The minimum absolute atomic E-state index is 0.189. The first kappa shape index (κ1) is 17.5. The summed E-state index contributed by atoms with van der Waals surface area (Å²) in [5, 5.41) is -3.96. The van der Waals surface area contributed by atoms with E-state index in [0.29, 0.717) is 0 Å². The maximum absolute atomic E-state index is 6.21. The van der Waals surface area contributed by atoms with Crippen LogP contribution < -0.4 is 0 Å². The Kier molecular flexibility index (Phi) is 4.52. The van der Waals surface area contributed by atoms with Crippen molar-refractivity contribution >= 4 is 65.8 Å². The van der Waals surface area contributed by atoms with E-state index < -0.39 is 15.9 Å². The van der Waals surface area contributed by atoms with Crippen LogP contribution in [-0.4, -0.2) is 80.7 Å². The van der Waals surface area contributed by atoms with E-state index in [1.165, 1.54) is 6.92 Å². The summed E-state index contributed by atoms with van der Waals surface area (Å²) in [5.41, 5.74) is 1.83. The van der Waals surface area contributed by atoms with Crippen molar-refractivity contribution in [1.29, 1.82) is 0 Å². The highest BCUT2D eigenvalue weighted by molar-refractivity contribution is 6.60. The molecule has 0 bridgehead atoms. The highest BCUT2D eigenvalue weighted by atomic mass is 15.2. The number of hydrogen-bond donors (Lipinski definition) is 1. The van der Waals surface area contributed by atoms with E-state index in [1.807, 2.05) is 30.5 Å². The molecule has 0 atom stereocenters. The second kappa shape index (κ2) is 5.67. The van der Waals surface area contributed by atoms with E-state index >= 15 is 0 Å². The molecule has 22 heavy (non-hydrogen) atoms. The van der Waals surface area contributed by atoms with Crippen molar-refractivity contribution < 1.29 is 0 Å². The Labute approximate surface area is 141 Å². The minimum atomic E-state index is -1.88. The Morgan fingerprint density at radius 1 is 1.00 bits per heavy atom. The van der Waals surface area contributed by atoms with Crippen LogP contribution in [0.3, 0.4) is 0 Å². The molecule has 0 spiro atoms. The molecule has 0 aliphatic carbocycles. The number of benzene rings is 1. The quantitative estimate of drug-likeness (QED) is 0.700. The molecule has 1 aromatic heterocycles. The van der Waals surface area contributed by atoms with Gasteiger partial charge < -0.3 is 9.88 Å². The van der Waals surface area contributed by atoms with Crippen LogP contribution in [0.2, 0.25) is 0 Å². The summed E-state index contributed by atoms with van der Waals surface area (Å²) in [5.74, 6) is 0. The number of rotatable bonds is 5. The van der Waals surface area contributed by atoms with Crippen molar-refractivity contribution in [3.8, 4) is 0 Å². The Hall–Kier alpha value is -0.825. The lowest BCUT2D eigenvalue weighted by Crippen LogP contribution is -2.72. The van der Waals surface area contributed by atoms with Crippen molar-refractivity contribution in [2.24, 2.45) is 0 Å². The van der Waals surface area contributed by atoms with Crippen LogP contribution in [0.1, 0.15) is 12.5 Å². The first-order valence-corrected chi connectivity index (χ1v) is 6.80. The van der Waals surface area contributed by atoms with E-state index in [9.17, 15) is 0 Å². The predicted molar refractivity (Wildman–Crippen MR) is 98.0 cm³/mol. The van der Waals surface area contributed by atoms with Gasteiger partial charge in [0.25, 0.3) is 0 Å². The number of hydrogen-bond acceptors (Lipinski definition) is 1. The molecule has 0 saturated heterocycles. The molecule has 94 valence electrons. The lowest BCUT2D eigenvalue weighted by molar-refractivity contribution is 0.182. The largest absolute Gasteiger partial charge is 0.361 e. The zero-order chi connectivity index (χ0) is 16.8. The molecule has 0 fully saturated rings. The summed E-state index contributed by atoms with van der Waals surface area (Å²) < 4.78 is 0. The molecule has 2 rings (SSSR count). The van der Waals surface area contributed by atoms with Crippen molar-refractivity contribution in [3.63, 3.8) is 0 Å². The third kappa shape index (κ3) is 3.56. The number of H-pyrrole nitrogens is 1. The van der Waals surface area contributed by atoms with E-state index in [1.54, 1.807) is 0 Å².